The van der Waals surface area contributed by atoms with Crippen LogP contribution in [0, 0.1) is 5.92 Å². The molecule has 2 fully saturated rings. The van der Waals surface area contributed by atoms with Gasteiger partial charge in [0.05, 0.1) is 11.9 Å². The summed E-state index contributed by atoms with van der Waals surface area (Å²) in [5, 5.41) is 4.34. The topological polar surface area (TPSA) is 58.4 Å². The van der Waals surface area contributed by atoms with Gasteiger partial charge in [0, 0.05) is 49.9 Å². The average molecular weight is 378 g/mol. The molecule has 1 aromatic heterocycles. The highest BCUT2D eigenvalue weighted by Gasteiger charge is 2.30. The number of carbonyl (C=O) groups excluding carboxylic acids is 2. The Hall–Kier alpha value is -2.89. The van der Waals surface area contributed by atoms with E-state index in [0.29, 0.717) is 26.2 Å². The van der Waals surface area contributed by atoms with E-state index < -0.39 is 0 Å². The van der Waals surface area contributed by atoms with E-state index >= 15 is 0 Å². The van der Waals surface area contributed by atoms with Crippen LogP contribution in [0.3, 0.4) is 0 Å². The van der Waals surface area contributed by atoms with Crippen LogP contribution in [0.15, 0.2) is 48.8 Å². The molecule has 6 heteroatoms. The minimum atomic E-state index is -0.0135. The van der Waals surface area contributed by atoms with E-state index in [1.54, 1.807) is 23.0 Å². The zero-order valence-corrected chi connectivity index (χ0v) is 16.0. The van der Waals surface area contributed by atoms with Gasteiger partial charge in [0.15, 0.2) is 0 Å². The molecule has 2 heterocycles. The summed E-state index contributed by atoms with van der Waals surface area (Å²) in [5.41, 5.74) is 1.86. The van der Waals surface area contributed by atoms with Crippen molar-refractivity contribution in [1.29, 1.82) is 0 Å². The Kier molecular flexibility index (Phi) is 5.55. The molecule has 0 bridgehead atoms. The number of piperazine rings is 1. The first-order valence-corrected chi connectivity index (χ1v) is 10.1. The third kappa shape index (κ3) is 4.16. The van der Waals surface area contributed by atoms with Crippen molar-refractivity contribution in [2.24, 2.45) is 5.92 Å². The summed E-state index contributed by atoms with van der Waals surface area (Å²) >= 11 is 0. The summed E-state index contributed by atoms with van der Waals surface area (Å²) < 4.78 is 1.79. The number of hydrogen-bond donors (Lipinski definition) is 0. The van der Waals surface area contributed by atoms with E-state index in [1.165, 1.54) is 12.8 Å². The lowest BCUT2D eigenvalue weighted by atomic mass is 10.1. The number of hydrogen-bond acceptors (Lipinski definition) is 3. The average Bonchev–Trinajstić information content (AvgIpc) is 3.44. The summed E-state index contributed by atoms with van der Waals surface area (Å²) in [6, 6.07) is 9.86. The number of nitrogens with zero attached hydrogens (tertiary/aromatic N) is 4. The van der Waals surface area contributed by atoms with Crippen LogP contribution >= 0.6 is 0 Å². The summed E-state index contributed by atoms with van der Waals surface area (Å²) in [7, 11) is 0. The summed E-state index contributed by atoms with van der Waals surface area (Å²) in [5.74, 6) is 0.484. The number of benzene rings is 1. The summed E-state index contributed by atoms with van der Waals surface area (Å²) in [6.07, 6.45) is 11.4. The Morgan fingerprint density at radius 3 is 2.36 bits per heavy atom. The van der Waals surface area contributed by atoms with Gasteiger partial charge in [-0.05, 0) is 31.1 Å². The van der Waals surface area contributed by atoms with Crippen molar-refractivity contribution in [1.82, 2.24) is 19.6 Å². The van der Waals surface area contributed by atoms with Crippen molar-refractivity contribution in [2.45, 2.75) is 25.7 Å². The highest BCUT2D eigenvalue weighted by Crippen LogP contribution is 2.27. The third-order valence-corrected chi connectivity index (χ3v) is 5.65. The van der Waals surface area contributed by atoms with Gasteiger partial charge < -0.3 is 9.80 Å². The number of aromatic nitrogens is 2. The summed E-state index contributed by atoms with van der Waals surface area (Å²) in [6.45, 7) is 2.48. The van der Waals surface area contributed by atoms with Crippen LogP contribution in [-0.2, 0) is 9.59 Å². The Labute approximate surface area is 165 Å². The Bertz CT molecular complexity index is 844. The van der Waals surface area contributed by atoms with E-state index in [0.717, 1.165) is 24.1 Å². The van der Waals surface area contributed by atoms with Gasteiger partial charge in [-0.3, -0.25) is 9.59 Å². The van der Waals surface area contributed by atoms with Gasteiger partial charge >= 0.3 is 0 Å². The fourth-order valence-electron chi connectivity index (χ4n) is 4.00. The maximum Gasteiger partial charge on any atom is 0.246 e. The van der Waals surface area contributed by atoms with E-state index in [-0.39, 0.29) is 17.7 Å². The van der Waals surface area contributed by atoms with Crippen LogP contribution in [0.25, 0.3) is 11.8 Å². The smallest absolute Gasteiger partial charge is 0.246 e. The van der Waals surface area contributed by atoms with Gasteiger partial charge in [0.25, 0.3) is 0 Å². The van der Waals surface area contributed by atoms with Crippen LogP contribution in [0.4, 0.5) is 0 Å². The molecule has 0 atom stereocenters. The SMILES string of the molecule is O=C(/C=C/c1cnn(-c2ccccc2)c1)N1CCN(C(=O)C2CCCC2)CC1. The van der Waals surface area contributed by atoms with E-state index in [1.807, 2.05) is 46.3 Å². The maximum absolute atomic E-state index is 12.5. The van der Waals surface area contributed by atoms with Crippen molar-refractivity contribution < 1.29 is 9.59 Å². The van der Waals surface area contributed by atoms with E-state index in [4.69, 9.17) is 0 Å². The molecule has 0 spiro atoms. The van der Waals surface area contributed by atoms with Crippen molar-refractivity contribution in [3.8, 4) is 5.69 Å². The fourth-order valence-corrected chi connectivity index (χ4v) is 4.00. The molecular formula is C22H26N4O2. The van der Waals surface area contributed by atoms with Crippen LogP contribution in [0.5, 0.6) is 0 Å². The first kappa shape index (κ1) is 18.5. The lowest BCUT2D eigenvalue weighted by Crippen LogP contribution is -2.51. The molecule has 2 aromatic rings. The highest BCUT2D eigenvalue weighted by atomic mass is 16.2. The normalized spacial score (nSPS) is 18.1. The second-order valence-electron chi connectivity index (χ2n) is 7.52. The number of para-hydroxylation sites is 1. The van der Waals surface area contributed by atoms with Gasteiger partial charge in [0.1, 0.15) is 0 Å². The molecule has 1 saturated carbocycles. The Balaban J connectivity index is 1.30. The molecule has 0 N–H and O–H groups in total. The minimum Gasteiger partial charge on any atom is -0.339 e. The second-order valence-corrected chi connectivity index (χ2v) is 7.52. The molecule has 1 aliphatic heterocycles. The fraction of sp³-hybridized carbons (Fsp3) is 0.409. The monoisotopic (exact) mass is 378 g/mol. The number of amides is 2. The summed E-state index contributed by atoms with van der Waals surface area (Å²) in [4.78, 5) is 28.7. The lowest BCUT2D eigenvalue weighted by molar-refractivity contribution is -0.140. The van der Waals surface area contributed by atoms with Gasteiger partial charge in [-0.25, -0.2) is 4.68 Å². The van der Waals surface area contributed by atoms with Crippen molar-refractivity contribution in [3.63, 3.8) is 0 Å². The quantitative estimate of drug-likeness (QED) is 0.769. The van der Waals surface area contributed by atoms with Crippen molar-refractivity contribution in [3.05, 3.63) is 54.4 Å². The first-order chi connectivity index (χ1) is 13.7. The van der Waals surface area contributed by atoms with Gasteiger partial charge in [0.2, 0.25) is 11.8 Å². The molecule has 1 aromatic carbocycles. The zero-order valence-electron chi connectivity index (χ0n) is 16.0. The minimum absolute atomic E-state index is 0.0135. The second kappa shape index (κ2) is 8.42. The van der Waals surface area contributed by atoms with Gasteiger partial charge in [-0.2, -0.15) is 5.10 Å². The van der Waals surface area contributed by atoms with Crippen molar-refractivity contribution in [2.75, 3.05) is 26.2 Å². The van der Waals surface area contributed by atoms with E-state index in [9.17, 15) is 9.59 Å². The molecular weight excluding hydrogens is 352 g/mol. The van der Waals surface area contributed by atoms with Crippen LogP contribution in [0.1, 0.15) is 31.2 Å². The molecule has 146 valence electrons. The molecule has 6 nitrogen and oxygen atoms in total. The number of rotatable bonds is 4. The molecule has 1 saturated heterocycles. The lowest BCUT2D eigenvalue weighted by Gasteiger charge is -2.35. The predicted molar refractivity (Wildman–Crippen MR) is 108 cm³/mol. The molecule has 28 heavy (non-hydrogen) atoms. The molecule has 2 aliphatic rings. The van der Waals surface area contributed by atoms with E-state index in [2.05, 4.69) is 5.10 Å². The van der Waals surface area contributed by atoms with Crippen LogP contribution in [0.2, 0.25) is 0 Å². The van der Waals surface area contributed by atoms with Gasteiger partial charge in [-0.15, -0.1) is 0 Å². The largest absolute Gasteiger partial charge is 0.339 e. The van der Waals surface area contributed by atoms with Crippen LogP contribution in [-0.4, -0.2) is 57.6 Å². The van der Waals surface area contributed by atoms with Crippen LogP contribution < -0.4 is 0 Å². The predicted octanol–water partition coefficient (Wildman–Crippen LogP) is 2.75. The molecule has 0 radical (unpaired) electrons. The first-order valence-electron chi connectivity index (χ1n) is 10.1. The Morgan fingerprint density at radius 1 is 0.964 bits per heavy atom. The third-order valence-electron chi connectivity index (χ3n) is 5.65. The zero-order chi connectivity index (χ0) is 19.3. The Morgan fingerprint density at radius 2 is 1.64 bits per heavy atom. The molecule has 4 rings (SSSR count). The van der Waals surface area contributed by atoms with Crippen molar-refractivity contribution >= 4 is 17.9 Å². The molecule has 1 aliphatic carbocycles. The standard InChI is InChI=1S/C22H26N4O2/c27-21(11-10-18-16-23-26(17-18)20-8-2-1-3-9-20)24-12-14-25(15-13-24)22(28)19-6-4-5-7-19/h1-3,8-11,16-17,19H,4-7,12-15H2/b11-10+. The van der Waals surface area contributed by atoms with Gasteiger partial charge in [-0.1, -0.05) is 31.0 Å². The number of carbonyl (C=O) groups is 2. The molecule has 0 unspecified atom stereocenters. The maximum atomic E-state index is 12.5. The highest BCUT2D eigenvalue weighted by molar-refractivity contribution is 5.92. The molecule has 2 amide bonds.